The molecule has 0 fully saturated rings. The standard InChI is InChI=1S/C12H16AsNO6S2.Na/c14-9-5-8(1-2-10(9)20-4-3-15)13(21-6-11(16)17)22-7-12(18)19;/h1-2,5,15H,3-4,6-7,14H2,(H,16,17)(H,18,19);/q;+1. The summed E-state index contributed by atoms with van der Waals surface area (Å²) in [6.07, 6.45) is 0. The van der Waals surface area contributed by atoms with Crippen LogP contribution >= 0.6 is 20.0 Å². The van der Waals surface area contributed by atoms with Gasteiger partial charge in [-0.15, -0.1) is 0 Å². The Bertz CT molecular complexity index is 518. The van der Waals surface area contributed by atoms with E-state index in [-0.39, 0.29) is 54.3 Å². The summed E-state index contributed by atoms with van der Waals surface area (Å²) < 4.78 is 6.12. The fourth-order valence-electron chi connectivity index (χ4n) is 1.35. The van der Waals surface area contributed by atoms with E-state index in [0.29, 0.717) is 11.4 Å². The molecule has 0 heterocycles. The number of hydrogen-bond acceptors (Lipinski definition) is 7. The predicted octanol–water partition coefficient (Wildman–Crippen LogP) is -3.03. The molecule has 0 aliphatic carbocycles. The van der Waals surface area contributed by atoms with E-state index in [4.69, 9.17) is 25.8 Å². The zero-order valence-corrected chi connectivity index (χ0v) is 18.0. The second-order valence-corrected chi connectivity index (χ2v) is 15.4. The Morgan fingerprint density at radius 1 is 1.17 bits per heavy atom. The molecule has 0 saturated carbocycles. The van der Waals surface area contributed by atoms with Gasteiger partial charge < -0.3 is 0 Å². The van der Waals surface area contributed by atoms with Gasteiger partial charge in [0.15, 0.2) is 0 Å². The van der Waals surface area contributed by atoms with Crippen molar-refractivity contribution in [3.8, 4) is 5.75 Å². The van der Waals surface area contributed by atoms with E-state index in [1.807, 2.05) is 0 Å². The minimum atomic E-state index is -1.97. The topological polar surface area (TPSA) is 130 Å². The summed E-state index contributed by atoms with van der Waals surface area (Å²) in [7, 11) is 2.53. The Labute approximate surface area is 166 Å². The molecule has 0 aliphatic rings. The van der Waals surface area contributed by atoms with Gasteiger partial charge in [-0.1, -0.05) is 0 Å². The third kappa shape index (κ3) is 9.14. The van der Waals surface area contributed by atoms with Crippen LogP contribution in [0.15, 0.2) is 18.2 Å². The Hall–Kier alpha value is -0.0216. The van der Waals surface area contributed by atoms with Crippen molar-refractivity contribution in [1.29, 1.82) is 0 Å². The molecule has 0 radical (unpaired) electrons. The van der Waals surface area contributed by atoms with Crippen molar-refractivity contribution in [2.24, 2.45) is 0 Å². The zero-order valence-electron chi connectivity index (χ0n) is 12.5. The van der Waals surface area contributed by atoms with E-state index in [1.54, 1.807) is 18.2 Å². The SMILES string of the molecule is Nc1cc([As](SCC(=O)O)SCC(=O)O)ccc1OCCO.[Na+]. The van der Waals surface area contributed by atoms with Crippen LogP contribution in [0.3, 0.4) is 0 Å². The fourth-order valence-corrected chi connectivity index (χ4v) is 12.3. The molecule has 11 heteroatoms. The monoisotopic (exact) mass is 432 g/mol. The Balaban J connectivity index is 0.00000484. The number of hydrogen-bond donors (Lipinski definition) is 4. The zero-order chi connectivity index (χ0) is 16.5. The number of rotatable bonds is 10. The van der Waals surface area contributed by atoms with Gasteiger partial charge in [-0.2, -0.15) is 0 Å². The average Bonchev–Trinajstić information content (AvgIpc) is 2.45. The summed E-state index contributed by atoms with van der Waals surface area (Å²) in [5, 5.41) is 26.3. The third-order valence-electron chi connectivity index (χ3n) is 2.16. The molecule has 0 saturated heterocycles. The van der Waals surface area contributed by atoms with E-state index in [9.17, 15) is 9.59 Å². The van der Waals surface area contributed by atoms with Crippen LogP contribution in [0.5, 0.6) is 5.75 Å². The van der Waals surface area contributed by atoms with Crippen LogP contribution in [0.1, 0.15) is 0 Å². The van der Waals surface area contributed by atoms with Gasteiger partial charge in [-0.3, -0.25) is 0 Å². The van der Waals surface area contributed by atoms with Crippen LogP contribution in [-0.2, 0) is 9.59 Å². The third-order valence-corrected chi connectivity index (χ3v) is 14.9. The Morgan fingerprint density at radius 2 is 1.74 bits per heavy atom. The van der Waals surface area contributed by atoms with Crippen LogP contribution in [0.25, 0.3) is 0 Å². The van der Waals surface area contributed by atoms with Gasteiger partial charge in [0.05, 0.1) is 0 Å². The van der Waals surface area contributed by atoms with Crippen LogP contribution in [-0.4, -0.2) is 64.3 Å². The number of nitrogens with two attached hydrogens (primary N) is 1. The molecule has 1 rings (SSSR count). The van der Waals surface area contributed by atoms with Gasteiger partial charge in [-0.25, -0.2) is 0 Å². The van der Waals surface area contributed by atoms with Crippen molar-refractivity contribution in [1.82, 2.24) is 0 Å². The summed E-state index contributed by atoms with van der Waals surface area (Å²) >= 11 is -1.97. The smallest absolute Gasteiger partial charge is 1.00 e. The summed E-state index contributed by atoms with van der Waals surface area (Å²) in [4.78, 5) is 21.4. The molecule has 0 aromatic heterocycles. The fraction of sp³-hybridized carbons (Fsp3) is 0.333. The average molecular weight is 432 g/mol. The van der Waals surface area contributed by atoms with Crippen LogP contribution < -0.4 is 44.4 Å². The molecular formula is C12H16AsNNaO6S2+. The molecule has 5 N–H and O–H groups in total. The predicted molar refractivity (Wildman–Crippen MR) is 89.0 cm³/mol. The minimum Gasteiger partial charge on any atom is 1.00 e. The number of benzene rings is 1. The number of aliphatic carboxylic acids is 2. The number of carbonyl (C=O) groups is 2. The molecule has 0 amide bonds. The van der Waals surface area contributed by atoms with Crippen LogP contribution in [0, 0.1) is 0 Å². The number of anilines is 1. The molecule has 0 unspecified atom stereocenters. The van der Waals surface area contributed by atoms with Crippen molar-refractivity contribution in [2.75, 3.05) is 30.5 Å². The molecule has 1 aromatic rings. The maximum atomic E-state index is 10.7. The van der Waals surface area contributed by atoms with Crippen molar-refractivity contribution >= 4 is 54.4 Å². The summed E-state index contributed by atoms with van der Waals surface area (Å²) in [6.45, 7) is 0.00837. The van der Waals surface area contributed by atoms with E-state index in [0.717, 1.165) is 4.35 Å². The van der Waals surface area contributed by atoms with Gasteiger partial charge in [0.2, 0.25) is 0 Å². The summed E-state index contributed by atoms with van der Waals surface area (Å²) in [5.41, 5.74) is 6.26. The van der Waals surface area contributed by atoms with Gasteiger partial charge in [-0.05, 0) is 0 Å². The first-order valence-electron chi connectivity index (χ1n) is 6.06. The van der Waals surface area contributed by atoms with Gasteiger partial charge in [0.25, 0.3) is 0 Å². The normalized spacial score (nSPS) is 10.2. The summed E-state index contributed by atoms with van der Waals surface area (Å²) in [6, 6.07) is 5.12. The molecule has 122 valence electrons. The maximum absolute atomic E-state index is 10.7. The second-order valence-electron chi connectivity index (χ2n) is 3.89. The Morgan fingerprint density at radius 3 is 2.17 bits per heavy atom. The number of ether oxygens (including phenoxy) is 1. The van der Waals surface area contributed by atoms with E-state index in [1.165, 1.54) is 20.0 Å². The minimum absolute atomic E-state index is 0. The summed E-state index contributed by atoms with van der Waals surface area (Å²) in [5.74, 6) is -1.57. The molecule has 23 heavy (non-hydrogen) atoms. The van der Waals surface area contributed by atoms with Crippen molar-refractivity contribution < 1.29 is 59.2 Å². The van der Waals surface area contributed by atoms with Gasteiger partial charge >= 0.3 is 168 Å². The second kappa shape index (κ2) is 12.4. The number of aliphatic hydroxyl groups excluding tert-OH is 1. The van der Waals surface area contributed by atoms with Crippen molar-refractivity contribution in [2.45, 2.75) is 0 Å². The first-order valence-corrected chi connectivity index (χ1v) is 13.5. The molecule has 0 aliphatic heterocycles. The molecule has 0 spiro atoms. The number of nitrogen functional groups attached to an aromatic ring is 1. The van der Waals surface area contributed by atoms with Crippen molar-refractivity contribution in [3.63, 3.8) is 0 Å². The van der Waals surface area contributed by atoms with Gasteiger partial charge in [0, 0.05) is 0 Å². The first-order chi connectivity index (χ1) is 10.4. The van der Waals surface area contributed by atoms with Crippen molar-refractivity contribution in [3.05, 3.63) is 18.2 Å². The first kappa shape index (κ1) is 23.0. The van der Waals surface area contributed by atoms with E-state index in [2.05, 4.69) is 0 Å². The quantitative estimate of drug-likeness (QED) is 0.225. The number of aliphatic hydroxyl groups is 1. The maximum Gasteiger partial charge on any atom is 1.00 e. The molecule has 7 nitrogen and oxygen atoms in total. The van der Waals surface area contributed by atoms with Gasteiger partial charge in [0.1, 0.15) is 0 Å². The molecule has 1 aromatic carbocycles. The molecule has 0 atom stereocenters. The van der Waals surface area contributed by atoms with E-state index >= 15 is 0 Å². The molecule has 0 bridgehead atoms. The van der Waals surface area contributed by atoms with E-state index < -0.39 is 24.3 Å². The molecular weight excluding hydrogens is 416 g/mol. The number of carboxylic acid groups (broad SMARTS) is 2. The van der Waals surface area contributed by atoms with Crippen LogP contribution in [0.4, 0.5) is 5.69 Å². The van der Waals surface area contributed by atoms with Crippen LogP contribution in [0.2, 0.25) is 0 Å². The number of carboxylic acids is 2. The Kier molecular flexibility index (Phi) is 12.3. The largest absolute Gasteiger partial charge is 1.00 e.